The maximum Gasteiger partial charge on any atom is 0.417 e. The van der Waals surface area contributed by atoms with E-state index in [-0.39, 0.29) is 11.9 Å². The third kappa shape index (κ3) is 4.60. The number of halogens is 3. The van der Waals surface area contributed by atoms with E-state index in [2.05, 4.69) is 17.0 Å². The maximum atomic E-state index is 12.8. The quantitative estimate of drug-likeness (QED) is 0.269. The molecule has 170 valence electrons. The Morgan fingerprint density at radius 3 is 2.42 bits per heavy atom. The number of benzene rings is 2. The molecule has 5 nitrogen and oxygen atoms in total. The van der Waals surface area contributed by atoms with Gasteiger partial charge in [0.05, 0.1) is 36.1 Å². The Hall–Kier alpha value is -3.68. The molecule has 0 aliphatic heterocycles. The monoisotopic (exact) mass is 452 g/mol. The minimum absolute atomic E-state index is 0.00478. The van der Waals surface area contributed by atoms with Crippen molar-refractivity contribution in [2.24, 2.45) is 0 Å². The Morgan fingerprint density at radius 1 is 1.06 bits per heavy atom. The molecule has 2 heterocycles. The number of rotatable bonds is 6. The lowest BCUT2D eigenvalue weighted by molar-refractivity contribution is -0.137. The van der Waals surface area contributed by atoms with Crippen molar-refractivity contribution in [1.29, 1.82) is 5.41 Å². The van der Waals surface area contributed by atoms with Gasteiger partial charge in [-0.1, -0.05) is 37.6 Å². The van der Waals surface area contributed by atoms with Gasteiger partial charge in [-0.05, 0) is 42.3 Å². The summed E-state index contributed by atoms with van der Waals surface area (Å²) in [4.78, 5) is 3.98. The molecule has 0 saturated heterocycles. The van der Waals surface area contributed by atoms with E-state index >= 15 is 0 Å². The van der Waals surface area contributed by atoms with Crippen molar-refractivity contribution in [3.8, 4) is 11.3 Å². The molecule has 1 atom stereocenters. The minimum atomic E-state index is -4.40. The third-order valence-corrected chi connectivity index (χ3v) is 5.60. The van der Waals surface area contributed by atoms with Crippen molar-refractivity contribution in [2.75, 3.05) is 7.11 Å². The van der Waals surface area contributed by atoms with Crippen LogP contribution in [-0.2, 0) is 10.9 Å². The molecular weight excluding hydrogens is 429 g/mol. The van der Waals surface area contributed by atoms with E-state index in [1.54, 1.807) is 6.20 Å². The molecule has 2 aromatic carbocycles. The van der Waals surface area contributed by atoms with E-state index in [1.165, 1.54) is 13.2 Å². The molecule has 4 aromatic rings. The molecule has 0 fully saturated rings. The number of alkyl halides is 3. The fourth-order valence-corrected chi connectivity index (χ4v) is 3.87. The zero-order valence-corrected chi connectivity index (χ0v) is 18.2. The zero-order valence-electron chi connectivity index (χ0n) is 18.2. The highest BCUT2D eigenvalue weighted by molar-refractivity contribution is 5.96. The predicted molar refractivity (Wildman–Crippen MR) is 121 cm³/mol. The molecule has 0 aliphatic rings. The minimum Gasteiger partial charge on any atom is -0.481 e. The zero-order chi connectivity index (χ0) is 23.6. The van der Waals surface area contributed by atoms with E-state index in [1.807, 2.05) is 47.1 Å². The van der Waals surface area contributed by atoms with Gasteiger partial charge in [0, 0.05) is 22.7 Å². The van der Waals surface area contributed by atoms with Gasteiger partial charge in [-0.2, -0.15) is 18.3 Å². The Labute approximate surface area is 189 Å². The van der Waals surface area contributed by atoms with Crippen LogP contribution in [0, 0.1) is 5.41 Å². The van der Waals surface area contributed by atoms with Crippen LogP contribution in [0.2, 0.25) is 0 Å². The lowest BCUT2D eigenvalue weighted by Crippen LogP contribution is -2.12. The van der Waals surface area contributed by atoms with Crippen molar-refractivity contribution in [3.05, 3.63) is 83.7 Å². The molecule has 0 saturated carbocycles. The van der Waals surface area contributed by atoms with Gasteiger partial charge in [0.2, 0.25) is 5.90 Å². The third-order valence-electron chi connectivity index (χ3n) is 5.60. The molecule has 0 amide bonds. The average molecular weight is 452 g/mol. The predicted octanol–water partition coefficient (Wildman–Crippen LogP) is 6.48. The molecule has 8 heteroatoms. The van der Waals surface area contributed by atoms with E-state index in [0.717, 1.165) is 47.1 Å². The second kappa shape index (κ2) is 9.05. The first-order chi connectivity index (χ1) is 15.8. The molecule has 0 radical (unpaired) electrons. The number of hydrogen-bond donors (Lipinski definition) is 1. The number of fused-ring (bicyclic) bond motifs is 1. The van der Waals surface area contributed by atoms with E-state index in [0.29, 0.717) is 11.3 Å². The number of pyridine rings is 1. The second-order valence-corrected chi connectivity index (χ2v) is 7.75. The lowest BCUT2D eigenvalue weighted by Gasteiger charge is -2.19. The molecule has 0 spiro atoms. The van der Waals surface area contributed by atoms with Crippen LogP contribution in [0.4, 0.5) is 13.2 Å². The van der Waals surface area contributed by atoms with Crippen molar-refractivity contribution < 1.29 is 17.9 Å². The van der Waals surface area contributed by atoms with Gasteiger partial charge in [-0.3, -0.25) is 15.1 Å². The summed E-state index contributed by atoms with van der Waals surface area (Å²) in [5, 5.41) is 13.4. The van der Waals surface area contributed by atoms with Gasteiger partial charge in [-0.25, -0.2) is 0 Å². The van der Waals surface area contributed by atoms with E-state index in [9.17, 15) is 13.2 Å². The van der Waals surface area contributed by atoms with Crippen LogP contribution in [0.15, 0.2) is 67.0 Å². The fourth-order valence-electron chi connectivity index (χ4n) is 3.87. The van der Waals surface area contributed by atoms with Crippen LogP contribution in [-0.4, -0.2) is 27.8 Å². The van der Waals surface area contributed by atoms with Gasteiger partial charge >= 0.3 is 6.18 Å². The number of nitrogens with zero attached hydrogens (tertiary/aromatic N) is 3. The molecule has 1 N–H and O–H groups in total. The van der Waals surface area contributed by atoms with Crippen molar-refractivity contribution in [3.63, 3.8) is 0 Å². The Bertz CT molecular complexity index is 1260. The van der Waals surface area contributed by atoms with Crippen LogP contribution in [0.25, 0.3) is 22.2 Å². The number of methoxy groups -OCH3 is 1. The Balaban J connectivity index is 1.64. The van der Waals surface area contributed by atoms with E-state index in [4.69, 9.17) is 10.1 Å². The van der Waals surface area contributed by atoms with Crippen LogP contribution in [0.3, 0.4) is 0 Å². The number of aromatic nitrogens is 3. The van der Waals surface area contributed by atoms with Gasteiger partial charge in [-0.15, -0.1) is 0 Å². The highest BCUT2D eigenvalue weighted by Crippen LogP contribution is 2.31. The van der Waals surface area contributed by atoms with Gasteiger partial charge in [0.25, 0.3) is 0 Å². The Kier molecular flexibility index (Phi) is 6.18. The highest BCUT2D eigenvalue weighted by Gasteiger charge is 2.30. The summed E-state index contributed by atoms with van der Waals surface area (Å²) in [6.45, 7) is 2.11. The summed E-state index contributed by atoms with van der Waals surface area (Å²) < 4.78 is 45.4. The summed E-state index contributed by atoms with van der Waals surface area (Å²) in [6.07, 6.45) is 0.0479. The summed E-state index contributed by atoms with van der Waals surface area (Å²) in [7, 11) is 1.47. The molecule has 4 rings (SSSR count). The smallest absolute Gasteiger partial charge is 0.417 e. The van der Waals surface area contributed by atoms with Crippen LogP contribution < -0.4 is 0 Å². The van der Waals surface area contributed by atoms with Crippen molar-refractivity contribution in [2.45, 2.75) is 32.0 Å². The van der Waals surface area contributed by atoms with Crippen LogP contribution >= 0.6 is 0 Å². The van der Waals surface area contributed by atoms with Gasteiger partial charge in [0.15, 0.2) is 0 Å². The molecule has 2 aromatic heterocycles. The summed E-state index contributed by atoms with van der Waals surface area (Å²) in [5.74, 6) is 0.0993. The summed E-state index contributed by atoms with van der Waals surface area (Å²) >= 11 is 0. The average Bonchev–Trinajstić information content (AvgIpc) is 3.24. The summed E-state index contributed by atoms with van der Waals surface area (Å²) in [5.41, 5.74) is 3.15. The van der Waals surface area contributed by atoms with Crippen molar-refractivity contribution >= 4 is 16.8 Å². The topological polar surface area (TPSA) is 63.8 Å². The second-order valence-electron chi connectivity index (χ2n) is 7.75. The first kappa shape index (κ1) is 22.5. The van der Waals surface area contributed by atoms with Crippen LogP contribution in [0.5, 0.6) is 0 Å². The largest absolute Gasteiger partial charge is 0.481 e. The van der Waals surface area contributed by atoms with Gasteiger partial charge in [0.1, 0.15) is 0 Å². The number of ether oxygens (including phenoxy) is 1. The molecule has 0 aliphatic carbocycles. The normalized spacial score (nSPS) is 12.6. The number of nitrogens with one attached hydrogen (secondary N) is 1. The fraction of sp³-hybridized carbons (Fsp3) is 0.240. The maximum absolute atomic E-state index is 12.8. The van der Waals surface area contributed by atoms with Crippen LogP contribution in [0.1, 0.15) is 42.5 Å². The number of hydrogen-bond acceptors (Lipinski definition) is 4. The Morgan fingerprint density at radius 2 is 1.82 bits per heavy atom. The highest BCUT2D eigenvalue weighted by atomic mass is 19.4. The molecule has 33 heavy (non-hydrogen) atoms. The van der Waals surface area contributed by atoms with Crippen molar-refractivity contribution in [1.82, 2.24) is 14.8 Å². The van der Waals surface area contributed by atoms with E-state index < -0.39 is 11.7 Å². The molecule has 0 bridgehead atoms. The SMILES string of the molecule is CCCC(c1ccc(-c2ccc(C(F)(F)F)cn2)cc1)n1ncc2cc(C(=N)OC)ccc21. The first-order valence-electron chi connectivity index (χ1n) is 10.6. The van der Waals surface area contributed by atoms with Gasteiger partial charge < -0.3 is 4.74 Å². The molecular formula is C25H23F3N4O. The standard InChI is InChI=1S/C25H23F3N4O/c1-3-4-22(32-23-12-9-18(24(29)33-2)13-19(23)14-31-32)17-7-5-16(6-8-17)21-11-10-20(15-30-21)25(26,27)28/h5-15,22,29H,3-4H2,1-2H3. The first-order valence-corrected chi connectivity index (χ1v) is 10.6. The summed E-state index contributed by atoms with van der Waals surface area (Å²) in [6, 6.07) is 15.8. The molecule has 1 unspecified atom stereocenters. The lowest BCUT2D eigenvalue weighted by atomic mass is 9.99.